The van der Waals surface area contributed by atoms with Gasteiger partial charge >= 0.3 is 12.1 Å². The molecule has 168 valence electrons. The van der Waals surface area contributed by atoms with Gasteiger partial charge in [0, 0.05) is 32.7 Å². The van der Waals surface area contributed by atoms with Gasteiger partial charge in [0.25, 0.3) is 5.91 Å². The third-order valence-corrected chi connectivity index (χ3v) is 6.39. The van der Waals surface area contributed by atoms with E-state index in [9.17, 15) is 22.8 Å². The third-order valence-electron chi connectivity index (χ3n) is 5.53. The number of thiophene rings is 1. The topological polar surface area (TPSA) is 81.2 Å². The van der Waals surface area contributed by atoms with Crippen LogP contribution < -0.4 is 0 Å². The van der Waals surface area contributed by atoms with Crippen molar-refractivity contribution >= 4 is 29.1 Å². The fourth-order valence-corrected chi connectivity index (χ4v) is 4.46. The van der Waals surface area contributed by atoms with Gasteiger partial charge in [-0.05, 0) is 37.9 Å². The second-order valence-corrected chi connectivity index (χ2v) is 8.82. The van der Waals surface area contributed by atoms with Crippen molar-refractivity contribution in [1.82, 2.24) is 14.7 Å². The first-order valence-corrected chi connectivity index (χ1v) is 10.3. The zero-order chi connectivity index (χ0) is 22.7. The summed E-state index contributed by atoms with van der Waals surface area (Å²) >= 11 is 1.47. The first-order valence-electron chi connectivity index (χ1n) is 9.45. The SMILES string of the molecule is C[C@@H]1CN(C(=O)c2cccs2)C[C@]12CCN(CCN(C)C)C2=O.O=C(O)C(F)(F)F. The van der Waals surface area contributed by atoms with Crippen LogP contribution in [0.1, 0.15) is 23.0 Å². The van der Waals surface area contributed by atoms with Crippen LogP contribution in [0.3, 0.4) is 0 Å². The lowest BCUT2D eigenvalue weighted by molar-refractivity contribution is -0.192. The summed E-state index contributed by atoms with van der Waals surface area (Å²) < 4.78 is 31.7. The molecule has 2 fully saturated rings. The highest BCUT2D eigenvalue weighted by molar-refractivity contribution is 7.12. The smallest absolute Gasteiger partial charge is 0.475 e. The van der Waals surface area contributed by atoms with Gasteiger partial charge in [-0.3, -0.25) is 9.59 Å². The van der Waals surface area contributed by atoms with Crippen molar-refractivity contribution in [2.24, 2.45) is 11.3 Å². The molecule has 2 saturated heterocycles. The van der Waals surface area contributed by atoms with E-state index in [4.69, 9.17) is 9.90 Å². The Morgan fingerprint density at radius 2 is 2.00 bits per heavy atom. The first-order chi connectivity index (χ1) is 13.9. The third kappa shape index (κ3) is 5.31. The lowest BCUT2D eigenvalue weighted by Crippen LogP contribution is -2.42. The van der Waals surface area contributed by atoms with Gasteiger partial charge in [-0.25, -0.2) is 4.79 Å². The van der Waals surface area contributed by atoms with Crippen molar-refractivity contribution in [1.29, 1.82) is 0 Å². The zero-order valence-electron chi connectivity index (χ0n) is 17.1. The van der Waals surface area contributed by atoms with Crippen molar-refractivity contribution < 1.29 is 32.7 Å². The summed E-state index contributed by atoms with van der Waals surface area (Å²) in [7, 11) is 4.05. The summed E-state index contributed by atoms with van der Waals surface area (Å²) in [5.41, 5.74) is -0.362. The van der Waals surface area contributed by atoms with Crippen molar-refractivity contribution in [3.63, 3.8) is 0 Å². The summed E-state index contributed by atoms with van der Waals surface area (Å²) in [6.07, 6.45) is -4.21. The summed E-state index contributed by atoms with van der Waals surface area (Å²) in [4.78, 5) is 41.2. The lowest BCUT2D eigenvalue weighted by atomic mass is 9.78. The number of likely N-dealkylation sites (tertiary alicyclic amines) is 2. The molecule has 2 amide bonds. The zero-order valence-corrected chi connectivity index (χ0v) is 17.9. The number of amides is 2. The molecule has 1 spiro atoms. The average Bonchev–Trinajstić information content (AvgIpc) is 3.35. The predicted octanol–water partition coefficient (Wildman–Crippen LogP) is 2.25. The molecule has 3 heterocycles. The number of nitrogens with zero attached hydrogens (tertiary/aromatic N) is 3. The number of rotatable bonds is 4. The van der Waals surface area contributed by atoms with Crippen LogP contribution in [0.25, 0.3) is 0 Å². The van der Waals surface area contributed by atoms with Crippen LogP contribution in [-0.2, 0) is 9.59 Å². The number of carboxylic acids is 1. The van der Waals surface area contributed by atoms with E-state index in [-0.39, 0.29) is 23.1 Å². The summed E-state index contributed by atoms with van der Waals surface area (Å²) in [5, 5.41) is 9.05. The number of carboxylic acid groups (broad SMARTS) is 1. The molecule has 2 atom stereocenters. The van der Waals surface area contributed by atoms with Gasteiger partial charge in [0.1, 0.15) is 0 Å². The van der Waals surface area contributed by atoms with Gasteiger partial charge in [0.05, 0.1) is 10.3 Å². The molecular weight excluding hydrogens is 423 g/mol. The maximum Gasteiger partial charge on any atom is 0.490 e. The standard InChI is InChI=1S/C17H25N3O2S.C2HF3O2/c1-13-11-20(15(21)14-5-4-10-23-14)12-17(13)6-7-19(16(17)22)9-8-18(2)3;3-2(4,5)1(6)7/h4-5,10,13H,6-9,11-12H2,1-3H3;(H,6,7)/t13-,17-;/m1./s1. The lowest BCUT2D eigenvalue weighted by Gasteiger charge is -2.27. The normalized spacial score (nSPS) is 23.8. The van der Waals surface area contributed by atoms with Gasteiger partial charge in [0.2, 0.25) is 5.91 Å². The molecule has 0 radical (unpaired) electrons. The first kappa shape index (κ1) is 24.1. The highest BCUT2D eigenvalue weighted by Crippen LogP contribution is 2.45. The Labute approximate surface area is 177 Å². The van der Waals surface area contributed by atoms with Crippen molar-refractivity contribution in [3.05, 3.63) is 22.4 Å². The average molecular weight is 449 g/mol. The molecule has 30 heavy (non-hydrogen) atoms. The maximum absolute atomic E-state index is 13.0. The Balaban J connectivity index is 0.000000396. The van der Waals surface area contributed by atoms with E-state index < -0.39 is 12.1 Å². The van der Waals surface area contributed by atoms with Crippen molar-refractivity contribution in [2.75, 3.05) is 46.8 Å². The fourth-order valence-electron chi connectivity index (χ4n) is 3.77. The predicted molar refractivity (Wildman–Crippen MR) is 105 cm³/mol. The molecule has 0 unspecified atom stereocenters. The minimum Gasteiger partial charge on any atom is -0.475 e. The van der Waals surface area contributed by atoms with E-state index in [1.165, 1.54) is 11.3 Å². The highest BCUT2D eigenvalue weighted by Gasteiger charge is 2.55. The molecule has 2 aliphatic heterocycles. The Morgan fingerprint density at radius 1 is 1.37 bits per heavy atom. The van der Waals surface area contributed by atoms with Crippen molar-refractivity contribution in [2.45, 2.75) is 19.5 Å². The van der Waals surface area contributed by atoms with Crippen molar-refractivity contribution in [3.8, 4) is 0 Å². The number of carbonyl (C=O) groups excluding carboxylic acids is 2. The van der Waals surface area contributed by atoms with Crippen LogP contribution in [0.4, 0.5) is 13.2 Å². The van der Waals surface area contributed by atoms with Crippen LogP contribution in [0.2, 0.25) is 0 Å². The molecule has 11 heteroatoms. The molecule has 1 aromatic heterocycles. The molecular formula is C19H26F3N3O4S. The Hall–Kier alpha value is -2.14. The molecule has 3 rings (SSSR count). The van der Waals surface area contributed by atoms with Crippen LogP contribution in [0, 0.1) is 11.3 Å². The fraction of sp³-hybridized carbons (Fsp3) is 0.632. The van der Waals surface area contributed by atoms with E-state index >= 15 is 0 Å². The molecule has 1 N–H and O–H groups in total. The van der Waals surface area contributed by atoms with E-state index in [0.717, 1.165) is 30.9 Å². The monoisotopic (exact) mass is 449 g/mol. The van der Waals surface area contributed by atoms with Crippen LogP contribution in [-0.4, -0.2) is 90.6 Å². The number of alkyl halides is 3. The maximum atomic E-state index is 13.0. The van der Waals surface area contributed by atoms with Gasteiger partial charge in [0.15, 0.2) is 0 Å². The van der Waals surface area contributed by atoms with E-state index in [0.29, 0.717) is 13.1 Å². The van der Waals surface area contributed by atoms with Gasteiger partial charge in [-0.1, -0.05) is 13.0 Å². The number of hydrogen-bond donors (Lipinski definition) is 1. The summed E-state index contributed by atoms with van der Waals surface area (Å²) in [5.74, 6) is -2.22. The Kier molecular flexibility index (Phi) is 7.51. The van der Waals surface area contributed by atoms with Gasteiger partial charge in [-0.2, -0.15) is 13.2 Å². The number of hydrogen-bond acceptors (Lipinski definition) is 5. The number of aliphatic carboxylic acids is 1. The van der Waals surface area contributed by atoms with Crippen LogP contribution in [0.15, 0.2) is 17.5 Å². The minimum atomic E-state index is -5.08. The van der Waals surface area contributed by atoms with Crippen LogP contribution in [0.5, 0.6) is 0 Å². The van der Waals surface area contributed by atoms with E-state index in [2.05, 4.69) is 11.8 Å². The molecule has 7 nitrogen and oxygen atoms in total. The Bertz CT molecular complexity index is 770. The molecule has 0 bridgehead atoms. The van der Waals surface area contributed by atoms with E-state index in [1.807, 2.05) is 41.4 Å². The molecule has 1 aromatic rings. The van der Waals surface area contributed by atoms with E-state index in [1.54, 1.807) is 0 Å². The van der Waals surface area contributed by atoms with Gasteiger partial charge in [-0.15, -0.1) is 11.3 Å². The molecule has 0 aliphatic carbocycles. The quantitative estimate of drug-likeness (QED) is 0.763. The second-order valence-electron chi connectivity index (χ2n) is 7.87. The number of likely N-dealkylation sites (N-methyl/N-ethyl adjacent to an activating group) is 1. The Morgan fingerprint density at radius 3 is 2.50 bits per heavy atom. The summed E-state index contributed by atoms with van der Waals surface area (Å²) in [6, 6.07) is 3.76. The number of carbonyl (C=O) groups is 3. The molecule has 0 aromatic carbocycles. The van der Waals surface area contributed by atoms with Crippen LogP contribution >= 0.6 is 11.3 Å². The summed E-state index contributed by atoms with van der Waals surface area (Å²) in [6.45, 7) is 5.85. The number of halogens is 3. The molecule has 0 saturated carbocycles. The largest absolute Gasteiger partial charge is 0.490 e. The molecule has 2 aliphatic rings. The highest BCUT2D eigenvalue weighted by atomic mass is 32.1. The van der Waals surface area contributed by atoms with Gasteiger partial charge < -0.3 is 19.8 Å². The minimum absolute atomic E-state index is 0.0725. The second kappa shape index (κ2) is 9.34.